The molecule has 0 amide bonds. The molecule has 0 fully saturated rings. The Labute approximate surface area is 367 Å². The lowest BCUT2D eigenvalue weighted by Gasteiger charge is -2.14. The van der Waals surface area contributed by atoms with E-state index < -0.39 is 0 Å². The summed E-state index contributed by atoms with van der Waals surface area (Å²) in [4.78, 5) is 15.5. The molecule has 3 aromatic heterocycles. The third-order valence-electron chi connectivity index (χ3n) is 12.6. The van der Waals surface area contributed by atoms with E-state index in [0.29, 0.717) is 17.5 Å². The van der Waals surface area contributed by atoms with E-state index in [9.17, 15) is 0 Å². The van der Waals surface area contributed by atoms with E-state index >= 15 is 0 Å². The molecule has 0 aliphatic carbocycles. The zero-order chi connectivity index (χ0) is 42.1. The Morgan fingerprint density at radius 3 is 1.56 bits per heavy atom. The standard InChI is InChI=1S/C59H35N3O2/c1-2-13-39(14-3-1)57-60-58(62-59(61-57)50-20-11-23-53-56(50)48-18-8-9-21-51(48)63-53)47-33-32-43(45-16-6-7-17-46(45)47)37-25-27-38(28-26-37)44-19-10-22-52-55(44)49-31-30-42(35-54(49)64-52)41-29-24-36-12-4-5-15-40(36)34-41/h1-35H. The first-order valence-electron chi connectivity index (χ1n) is 21.5. The van der Waals surface area contributed by atoms with Crippen LogP contribution in [0.5, 0.6) is 0 Å². The summed E-state index contributed by atoms with van der Waals surface area (Å²) in [6.45, 7) is 0. The van der Waals surface area contributed by atoms with Crippen molar-refractivity contribution < 1.29 is 8.83 Å². The third kappa shape index (κ3) is 5.90. The molecule has 0 saturated heterocycles. The molecule has 0 saturated carbocycles. The second kappa shape index (κ2) is 14.5. The molecule has 0 aliphatic rings. The molecule has 0 bridgehead atoms. The predicted molar refractivity (Wildman–Crippen MR) is 262 cm³/mol. The van der Waals surface area contributed by atoms with E-state index in [1.807, 2.05) is 60.7 Å². The highest BCUT2D eigenvalue weighted by Crippen LogP contribution is 2.42. The first kappa shape index (κ1) is 36.0. The van der Waals surface area contributed by atoms with Gasteiger partial charge in [0.1, 0.15) is 22.3 Å². The largest absolute Gasteiger partial charge is 0.456 e. The van der Waals surface area contributed by atoms with Crippen LogP contribution in [-0.4, -0.2) is 15.0 Å². The van der Waals surface area contributed by atoms with Gasteiger partial charge < -0.3 is 8.83 Å². The lowest BCUT2D eigenvalue weighted by atomic mass is 9.92. The maximum Gasteiger partial charge on any atom is 0.164 e. The molecule has 5 heteroatoms. The second-order valence-electron chi connectivity index (χ2n) is 16.3. The van der Waals surface area contributed by atoms with Crippen molar-refractivity contribution in [3.63, 3.8) is 0 Å². The van der Waals surface area contributed by atoms with Crippen LogP contribution in [0.25, 0.3) is 133 Å². The van der Waals surface area contributed by atoms with Crippen LogP contribution in [0.4, 0.5) is 0 Å². The molecule has 0 radical (unpaired) electrons. The van der Waals surface area contributed by atoms with Gasteiger partial charge in [-0.15, -0.1) is 0 Å². The van der Waals surface area contributed by atoms with Crippen LogP contribution in [0, 0.1) is 0 Å². The van der Waals surface area contributed by atoms with Gasteiger partial charge in [-0.25, -0.2) is 15.0 Å². The molecular weight excluding hydrogens is 783 g/mol. The van der Waals surface area contributed by atoms with Gasteiger partial charge in [-0.2, -0.15) is 0 Å². The number of rotatable bonds is 6. The van der Waals surface area contributed by atoms with Gasteiger partial charge in [0.2, 0.25) is 0 Å². The quantitative estimate of drug-likeness (QED) is 0.167. The SMILES string of the molecule is c1ccc(-c2nc(-c3ccc(-c4ccc(-c5cccc6oc7cc(-c8ccc9ccccc9c8)ccc7c56)cc4)c4ccccc34)nc(-c3cccc4oc5ccccc5c34)n2)cc1. The fourth-order valence-corrected chi connectivity index (χ4v) is 9.48. The number of furan rings is 2. The molecule has 0 N–H and O–H groups in total. The zero-order valence-corrected chi connectivity index (χ0v) is 34.4. The van der Waals surface area contributed by atoms with Crippen LogP contribution in [-0.2, 0) is 0 Å². The molecular formula is C59H35N3O2. The molecule has 3 heterocycles. The lowest BCUT2D eigenvalue weighted by molar-refractivity contribution is 0.668. The number of fused-ring (bicyclic) bond motifs is 8. The summed E-state index contributed by atoms with van der Waals surface area (Å²) in [6.07, 6.45) is 0. The van der Waals surface area contributed by atoms with Crippen molar-refractivity contribution in [1.82, 2.24) is 15.0 Å². The van der Waals surface area contributed by atoms with Crippen LogP contribution in [0.3, 0.4) is 0 Å². The van der Waals surface area contributed by atoms with Crippen LogP contribution >= 0.6 is 0 Å². The number of nitrogens with zero attached hydrogens (tertiary/aromatic N) is 3. The Hall–Kier alpha value is -8.67. The summed E-state index contributed by atoms with van der Waals surface area (Å²) >= 11 is 0. The van der Waals surface area contributed by atoms with E-state index in [2.05, 4.69) is 152 Å². The van der Waals surface area contributed by atoms with Gasteiger partial charge in [0, 0.05) is 38.2 Å². The van der Waals surface area contributed by atoms with Gasteiger partial charge in [-0.3, -0.25) is 0 Å². The topological polar surface area (TPSA) is 65.0 Å². The Kier molecular flexibility index (Phi) is 8.15. The normalized spacial score (nSPS) is 11.8. The van der Waals surface area contributed by atoms with Crippen molar-refractivity contribution in [3.05, 3.63) is 212 Å². The summed E-state index contributed by atoms with van der Waals surface area (Å²) in [5.41, 5.74) is 13.0. The molecule has 5 nitrogen and oxygen atoms in total. The van der Waals surface area contributed by atoms with Crippen LogP contribution in [0.1, 0.15) is 0 Å². The smallest absolute Gasteiger partial charge is 0.164 e. The summed E-state index contributed by atoms with van der Waals surface area (Å²) < 4.78 is 12.8. The summed E-state index contributed by atoms with van der Waals surface area (Å²) in [7, 11) is 0. The highest BCUT2D eigenvalue weighted by molar-refractivity contribution is 6.14. The Morgan fingerprint density at radius 1 is 0.250 bits per heavy atom. The number of aromatic nitrogens is 3. The fourth-order valence-electron chi connectivity index (χ4n) is 9.48. The summed E-state index contributed by atoms with van der Waals surface area (Å²) in [5, 5.41) is 8.87. The van der Waals surface area contributed by atoms with E-state index in [-0.39, 0.29) is 0 Å². The number of hydrogen-bond donors (Lipinski definition) is 0. The number of benzene rings is 10. The molecule has 0 atom stereocenters. The van der Waals surface area contributed by atoms with Gasteiger partial charge in [-0.1, -0.05) is 170 Å². The van der Waals surface area contributed by atoms with Gasteiger partial charge in [-0.05, 0) is 97.4 Å². The predicted octanol–water partition coefficient (Wildman–Crippen LogP) is 16.0. The van der Waals surface area contributed by atoms with Gasteiger partial charge >= 0.3 is 0 Å². The number of para-hydroxylation sites is 1. The Balaban J connectivity index is 0.894. The van der Waals surface area contributed by atoms with E-state index in [0.717, 1.165) is 99.2 Å². The maximum absolute atomic E-state index is 6.53. The first-order chi connectivity index (χ1) is 31.7. The first-order valence-corrected chi connectivity index (χ1v) is 21.5. The van der Waals surface area contributed by atoms with Crippen LogP contribution in [0.2, 0.25) is 0 Å². The third-order valence-corrected chi connectivity index (χ3v) is 12.6. The molecule has 13 rings (SSSR count). The average molecular weight is 818 g/mol. The molecule has 0 unspecified atom stereocenters. The molecule has 13 aromatic rings. The van der Waals surface area contributed by atoms with E-state index in [4.69, 9.17) is 23.8 Å². The second-order valence-corrected chi connectivity index (χ2v) is 16.3. The molecule has 0 aliphatic heterocycles. The van der Waals surface area contributed by atoms with Crippen molar-refractivity contribution in [1.29, 1.82) is 0 Å². The Morgan fingerprint density at radius 2 is 0.766 bits per heavy atom. The van der Waals surface area contributed by atoms with Crippen LogP contribution < -0.4 is 0 Å². The fraction of sp³-hybridized carbons (Fsp3) is 0. The minimum absolute atomic E-state index is 0.593. The highest BCUT2D eigenvalue weighted by atomic mass is 16.3. The maximum atomic E-state index is 6.53. The van der Waals surface area contributed by atoms with Crippen LogP contribution in [0.15, 0.2) is 221 Å². The highest BCUT2D eigenvalue weighted by Gasteiger charge is 2.20. The molecule has 10 aromatic carbocycles. The van der Waals surface area contributed by atoms with Crippen molar-refractivity contribution >= 4 is 65.4 Å². The van der Waals surface area contributed by atoms with E-state index in [1.54, 1.807) is 0 Å². The molecule has 64 heavy (non-hydrogen) atoms. The van der Waals surface area contributed by atoms with Crippen molar-refractivity contribution in [2.75, 3.05) is 0 Å². The minimum Gasteiger partial charge on any atom is -0.456 e. The Bertz CT molecular complexity index is 3960. The van der Waals surface area contributed by atoms with Gasteiger partial charge in [0.05, 0.1) is 0 Å². The van der Waals surface area contributed by atoms with Crippen molar-refractivity contribution in [3.8, 4) is 67.5 Å². The minimum atomic E-state index is 0.593. The molecule has 0 spiro atoms. The molecule has 298 valence electrons. The summed E-state index contributed by atoms with van der Waals surface area (Å²) in [6, 6.07) is 74.1. The van der Waals surface area contributed by atoms with Crippen molar-refractivity contribution in [2.24, 2.45) is 0 Å². The van der Waals surface area contributed by atoms with Gasteiger partial charge in [0.15, 0.2) is 17.5 Å². The number of hydrogen-bond acceptors (Lipinski definition) is 5. The zero-order valence-electron chi connectivity index (χ0n) is 34.4. The monoisotopic (exact) mass is 817 g/mol. The van der Waals surface area contributed by atoms with Gasteiger partial charge in [0.25, 0.3) is 0 Å². The summed E-state index contributed by atoms with van der Waals surface area (Å²) in [5.74, 6) is 1.81. The van der Waals surface area contributed by atoms with Crippen molar-refractivity contribution in [2.45, 2.75) is 0 Å². The average Bonchev–Trinajstić information content (AvgIpc) is 3.94. The lowest BCUT2D eigenvalue weighted by Crippen LogP contribution is -2.01. The van der Waals surface area contributed by atoms with E-state index in [1.165, 1.54) is 16.3 Å².